The fourth-order valence-corrected chi connectivity index (χ4v) is 2.96. The van der Waals surface area contributed by atoms with E-state index >= 15 is 0 Å². The topological polar surface area (TPSA) is 29.9 Å². The number of aromatic nitrogens is 2. The molecule has 4 heteroatoms. The first-order valence-electron chi connectivity index (χ1n) is 5.96. The molecule has 1 N–H and O–H groups in total. The van der Waals surface area contributed by atoms with Crippen LogP contribution in [0.5, 0.6) is 0 Å². The molecule has 2 rings (SSSR count). The maximum absolute atomic E-state index is 4.38. The van der Waals surface area contributed by atoms with Crippen LogP contribution in [0.1, 0.15) is 28.5 Å². The highest BCUT2D eigenvalue weighted by atomic mass is 32.1. The monoisotopic (exact) mass is 249 g/mol. The van der Waals surface area contributed by atoms with Crippen molar-refractivity contribution in [3.8, 4) is 0 Å². The molecule has 0 saturated heterocycles. The van der Waals surface area contributed by atoms with Gasteiger partial charge in [-0.15, -0.1) is 11.3 Å². The number of imidazole rings is 1. The van der Waals surface area contributed by atoms with E-state index in [4.69, 9.17) is 0 Å². The fourth-order valence-electron chi connectivity index (χ4n) is 1.89. The molecular weight excluding hydrogens is 230 g/mol. The molecule has 0 aliphatic carbocycles. The second-order valence-corrected chi connectivity index (χ2v) is 5.36. The predicted molar refractivity (Wildman–Crippen MR) is 72.4 cm³/mol. The van der Waals surface area contributed by atoms with E-state index in [1.54, 1.807) is 0 Å². The Labute approximate surface area is 107 Å². The molecule has 0 aromatic carbocycles. The van der Waals surface area contributed by atoms with E-state index < -0.39 is 0 Å². The second-order valence-electron chi connectivity index (χ2n) is 4.16. The Bertz CT molecular complexity index is 472. The summed E-state index contributed by atoms with van der Waals surface area (Å²) in [4.78, 5) is 7.22. The molecule has 2 heterocycles. The van der Waals surface area contributed by atoms with Crippen LogP contribution < -0.4 is 5.32 Å². The van der Waals surface area contributed by atoms with Gasteiger partial charge in [0.1, 0.15) is 5.82 Å². The zero-order valence-corrected chi connectivity index (χ0v) is 11.4. The number of nitrogens with zero attached hydrogens (tertiary/aromatic N) is 2. The summed E-state index contributed by atoms with van der Waals surface area (Å²) in [6.45, 7) is 2.20. The molecular formula is C13H19N3S. The van der Waals surface area contributed by atoms with Crippen LogP contribution >= 0.6 is 11.3 Å². The molecule has 1 atom stereocenters. The van der Waals surface area contributed by atoms with E-state index in [0.29, 0.717) is 6.04 Å². The Balaban J connectivity index is 2.14. The Morgan fingerprint density at radius 2 is 2.29 bits per heavy atom. The van der Waals surface area contributed by atoms with E-state index in [9.17, 15) is 0 Å². The van der Waals surface area contributed by atoms with Crippen LogP contribution in [0.15, 0.2) is 24.5 Å². The number of likely N-dealkylation sites (N-methyl/N-ethyl adjacent to an activating group) is 1. The van der Waals surface area contributed by atoms with Crippen LogP contribution in [0.2, 0.25) is 0 Å². The Morgan fingerprint density at radius 3 is 2.82 bits per heavy atom. The molecule has 0 saturated carbocycles. The van der Waals surface area contributed by atoms with Crippen LogP contribution in [0.4, 0.5) is 0 Å². The minimum Gasteiger partial charge on any atom is -0.338 e. The highest BCUT2D eigenvalue weighted by molar-refractivity contribution is 7.12. The molecule has 0 aliphatic rings. The number of hydrogen-bond acceptors (Lipinski definition) is 3. The molecule has 0 aliphatic heterocycles. The number of aryl methyl sites for hydroxylation is 2. The van der Waals surface area contributed by atoms with Crippen LogP contribution in [0.25, 0.3) is 0 Å². The molecule has 2 aromatic heterocycles. The summed E-state index contributed by atoms with van der Waals surface area (Å²) in [5, 5.41) is 3.38. The van der Waals surface area contributed by atoms with Crippen molar-refractivity contribution in [2.75, 3.05) is 7.05 Å². The molecule has 0 fully saturated rings. The summed E-state index contributed by atoms with van der Waals surface area (Å²) in [6.07, 6.45) is 5.90. The summed E-state index contributed by atoms with van der Waals surface area (Å²) in [6, 6.07) is 4.82. The summed E-state index contributed by atoms with van der Waals surface area (Å²) in [7, 11) is 4.06. The van der Waals surface area contributed by atoms with E-state index in [1.807, 2.05) is 37.8 Å². The van der Waals surface area contributed by atoms with E-state index in [-0.39, 0.29) is 0 Å². The van der Waals surface area contributed by atoms with Crippen molar-refractivity contribution in [2.45, 2.75) is 25.8 Å². The zero-order valence-electron chi connectivity index (χ0n) is 10.6. The lowest BCUT2D eigenvalue weighted by Gasteiger charge is -2.14. The van der Waals surface area contributed by atoms with Crippen molar-refractivity contribution in [2.24, 2.45) is 7.05 Å². The van der Waals surface area contributed by atoms with Crippen molar-refractivity contribution in [1.29, 1.82) is 0 Å². The summed E-state index contributed by atoms with van der Waals surface area (Å²) in [5.41, 5.74) is 0. The van der Waals surface area contributed by atoms with Crippen molar-refractivity contribution in [3.05, 3.63) is 40.1 Å². The van der Waals surface area contributed by atoms with Gasteiger partial charge in [0.2, 0.25) is 0 Å². The summed E-state index contributed by atoms with van der Waals surface area (Å²) >= 11 is 1.89. The molecule has 2 aromatic rings. The molecule has 17 heavy (non-hydrogen) atoms. The van der Waals surface area contributed by atoms with Gasteiger partial charge in [-0.25, -0.2) is 4.98 Å². The number of hydrogen-bond donors (Lipinski definition) is 1. The lowest BCUT2D eigenvalue weighted by atomic mass is 10.1. The largest absolute Gasteiger partial charge is 0.338 e. The van der Waals surface area contributed by atoms with E-state index in [1.165, 1.54) is 9.75 Å². The third-order valence-electron chi connectivity index (χ3n) is 3.03. The average Bonchev–Trinajstić information content (AvgIpc) is 2.95. The first-order valence-corrected chi connectivity index (χ1v) is 6.78. The predicted octanol–water partition coefficient (Wildman–Crippen LogP) is 2.55. The standard InChI is InChI=1S/C13H19N3S/c1-4-10-5-6-12(17-10)11(14-2)9-13-15-7-8-16(13)3/h5-8,11,14H,4,9H2,1-3H3. The number of nitrogens with one attached hydrogen (secondary N) is 1. The molecule has 0 amide bonds. The maximum atomic E-state index is 4.38. The number of rotatable bonds is 5. The highest BCUT2D eigenvalue weighted by Gasteiger charge is 2.14. The van der Waals surface area contributed by atoms with Gasteiger partial charge in [-0.1, -0.05) is 6.92 Å². The smallest absolute Gasteiger partial charge is 0.110 e. The van der Waals surface area contributed by atoms with Gasteiger partial charge in [0.15, 0.2) is 0 Å². The van der Waals surface area contributed by atoms with Gasteiger partial charge in [0, 0.05) is 41.7 Å². The van der Waals surface area contributed by atoms with Crippen molar-refractivity contribution < 1.29 is 0 Å². The van der Waals surface area contributed by atoms with Crippen LogP contribution in [0.3, 0.4) is 0 Å². The normalized spacial score (nSPS) is 12.9. The molecule has 0 bridgehead atoms. The third-order valence-corrected chi connectivity index (χ3v) is 4.37. The van der Waals surface area contributed by atoms with Gasteiger partial charge < -0.3 is 9.88 Å². The van der Waals surface area contributed by atoms with E-state index in [0.717, 1.165) is 18.7 Å². The molecule has 3 nitrogen and oxygen atoms in total. The quantitative estimate of drug-likeness (QED) is 0.882. The van der Waals surface area contributed by atoms with Crippen LogP contribution in [-0.4, -0.2) is 16.6 Å². The molecule has 0 radical (unpaired) electrons. The lowest BCUT2D eigenvalue weighted by Crippen LogP contribution is -2.19. The van der Waals surface area contributed by atoms with E-state index in [2.05, 4.69) is 33.9 Å². The van der Waals surface area contributed by atoms with Gasteiger partial charge in [-0.3, -0.25) is 0 Å². The van der Waals surface area contributed by atoms with Crippen molar-refractivity contribution >= 4 is 11.3 Å². The minimum atomic E-state index is 0.362. The Hall–Kier alpha value is -1.13. The zero-order chi connectivity index (χ0) is 12.3. The van der Waals surface area contributed by atoms with Gasteiger partial charge in [0.25, 0.3) is 0 Å². The van der Waals surface area contributed by atoms with Crippen LogP contribution in [-0.2, 0) is 19.9 Å². The highest BCUT2D eigenvalue weighted by Crippen LogP contribution is 2.25. The summed E-state index contributed by atoms with van der Waals surface area (Å²) in [5.74, 6) is 1.12. The van der Waals surface area contributed by atoms with Gasteiger partial charge in [0.05, 0.1) is 0 Å². The van der Waals surface area contributed by atoms with Gasteiger partial charge in [-0.05, 0) is 25.6 Å². The number of thiophene rings is 1. The second kappa shape index (κ2) is 5.47. The molecule has 92 valence electrons. The lowest BCUT2D eigenvalue weighted by molar-refractivity contribution is 0.572. The van der Waals surface area contributed by atoms with Crippen LogP contribution in [0, 0.1) is 0 Å². The van der Waals surface area contributed by atoms with Gasteiger partial charge >= 0.3 is 0 Å². The fraction of sp³-hybridized carbons (Fsp3) is 0.462. The SMILES string of the molecule is CCc1ccc(C(Cc2nccn2C)NC)s1. The average molecular weight is 249 g/mol. The first kappa shape index (κ1) is 12.3. The van der Waals surface area contributed by atoms with Crippen molar-refractivity contribution in [1.82, 2.24) is 14.9 Å². The van der Waals surface area contributed by atoms with Crippen molar-refractivity contribution in [3.63, 3.8) is 0 Å². The molecule has 0 spiro atoms. The van der Waals surface area contributed by atoms with Gasteiger partial charge in [-0.2, -0.15) is 0 Å². The Kier molecular flexibility index (Phi) is 3.97. The molecule has 1 unspecified atom stereocenters. The minimum absolute atomic E-state index is 0.362. The maximum Gasteiger partial charge on any atom is 0.110 e. The Morgan fingerprint density at radius 1 is 1.47 bits per heavy atom. The third kappa shape index (κ3) is 2.76. The summed E-state index contributed by atoms with van der Waals surface area (Å²) < 4.78 is 2.08. The first-order chi connectivity index (χ1) is 8.24.